The molecule has 0 N–H and O–H groups in total. The number of rotatable bonds is 4. The van der Waals surface area contributed by atoms with Crippen LogP contribution in [0.2, 0.25) is 0 Å². The number of thiazole rings is 1. The minimum absolute atomic E-state index is 0.162. The summed E-state index contributed by atoms with van der Waals surface area (Å²) >= 11 is 1.24. The van der Waals surface area contributed by atoms with Crippen molar-refractivity contribution < 1.29 is 17.9 Å². The van der Waals surface area contributed by atoms with Crippen molar-refractivity contribution in [1.82, 2.24) is 4.57 Å². The Morgan fingerprint density at radius 2 is 1.60 bits per heavy atom. The van der Waals surface area contributed by atoms with Crippen molar-refractivity contribution in [3.8, 4) is 11.5 Å². The molecule has 3 rings (SSSR count). The summed E-state index contributed by atoms with van der Waals surface area (Å²) in [5, 5.41) is 0. The van der Waals surface area contributed by atoms with Gasteiger partial charge in [0.25, 0.3) is 10.0 Å². The predicted molar refractivity (Wildman–Crippen MR) is 97.8 cm³/mol. The van der Waals surface area contributed by atoms with E-state index in [1.54, 1.807) is 62.2 Å². The first-order valence-corrected chi connectivity index (χ1v) is 9.71. The van der Waals surface area contributed by atoms with Crippen LogP contribution in [0.25, 0.3) is 10.2 Å². The van der Waals surface area contributed by atoms with Crippen LogP contribution in [-0.4, -0.2) is 27.2 Å². The van der Waals surface area contributed by atoms with Crippen LogP contribution in [-0.2, 0) is 17.1 Å². The lowest BCUT2D eigenvalue weighted by Crippen LogP contribution is -2.14. The van der Waals surface area contributed by atoms with E-state index >= 15 is 0 Å². The van der Waals surface area contributed by atoms with Crippen molar-refractivity contribution in [2.24, 2.45) is 11.4 Å². The Morgan fingerprint density at radius 1 is 1.00 bits per heavy atom. The van der Waals surface area contributed by atoms with Gasteiger partial charge in [-0.05, 0) is 31.2 Å². The topological polar surface area (TPSA) is 69.9 Å². The van der Waals surface area contributed by atoms with Gasteiger partial charge in [-0.3, -0.25) is 0 Å². The Balaban J connectivity index is 2.27. The molecular weight excluding hydrogens is 360 g/mol. The highest BCUT2D eigenvalue weighted by Crippen LogP contribution is 2.34. The molecule has 0 radical (unpaired) electrons. The SMILES string of the molecule is COc1ccc(OC)c2c1sc(=NS(=O)(=O)c1ccc(C)cc1)n2C. The lowest BCUT2D eigenvalue weighted by atomic mass is 10.2. The Bertz CT molecular complexity index is 1090. The number of aromatic nitrogens is 1. The lowest BCUT2D eigenvalue weighted by molar-refractivity contribution is 0.409. The monoisotopic (exact) mass is 378 g/mol. The maximum atomic E-state index is 12.6. The molecule has 0 aliphatic rings. The molecule has 8 heteroatoms. The average Bonchev–Trinajstić information content (AvgIpc) is 2.91. The number of hydrogen-bond acceptors (Lipinski definition) is 5. The van der Waals surface area contributed by atoms with Crippen LogP contribution in [0.5, 0.6) is 11.5 Å². The molecule has 25 heavy (non-hydrogen) atoms. The largest absolute Gasteiger partial charge is 0.495 e. The van der Waals surface area contributed by atoms with Crippen molar-refractivity contribution in [3.05, 3.63) is 46.8 Å². The zero-order chi connectivity index (χ0) is 18.2. The maximum absolute atomic E-state index is 12.6. The summed E-state index contributed by atoms with van der Waals surface area (Å²) in [6, 6.07) is 10.2. The van der Waals surface area contributed by atoms with Gasteiger partial charge in [0.05, 0.1) is 19.1 Å². The van der Waals surface area contributed by atoms with Crippen LogP contribution in [0.1, 0.15) is 5.56 Å². The summed E-state index contributed by atoms with van der Waals surface area (Å²) in [6.45, 7) is 1.90. The third-order valence-electron chi connectivity index (χ3n) is 3.83. The Hall–Kier alpha value is -2.32. The van der Waals surface area contributed by atoms with Crippen molar-refractivity contribution in [2.75, 3.05) is 14.2 Å². The molecule has 1 heterocycles. The third-order valence-corrected chi connectivity index (χ3v) is 6.37. The number of aryl methyl sites for hydroxylation is 2. The van der Waals surface area contributed by atoms with Gasteiger partial charge in [0.15, 0.2) is 0 Å². The molecule has 2 aromatic carbocycles. The molecule has 3 aromatic rings. The number of ether oxygens (including phenoxy) is 2. The van der Waals surface area contributed by atoms with Gasteiger partial charge in [0.2, 0.25) is 4.80 Å². The molecule has 0 aliphatic heterocycles. The van der Waals surface area contributed by atoms with Crippen LogP contribution < -0.4 is 14.3 Å². The molecule has 0 aliphatic carbocycles. The Labute approximate surface area is 150 Å². The number of hydrogen-bond donors (Lipinski definition) is 0. The fraction of sp³-hybridized carbons (Fsp3) is 0.235. The van der Waals surface area contributed by atoms with Crippen LogP contribution in [0, 0.1) is 6.92 Å². The zero-order valence-corrected chi connectivity index (χ0v) is 15.9. The first-order chi connectivity index (χ1) is 11.9. The second-order valence-electron chi connectivity index (χ2n) is 5.47. The summed E-state index contributed by atoms with van der Waals surface area (Å²) < 4.78 is 42.5. The second-order valence-corrected chi connectivity index (χ2v) is 8.05. The maximum Gasteiger partial charge on any atom is 0.285 e. The molecule has 0 amide bonds. The molecule has 0 fully saturated rings. The van der Waals surface area contributed by atoms with E-state index in [1.807, 2.05) is 6.92 Å². The van der Waals surface area contributed by atoms with Crippen LogP contribution in [0.4, 0.5) is 0 Å². The smallest absolute Gasteiger partial charge is 0.285 e. The first kappa shape index (κ1) is 17.5. The summed E-state index contributed by atoms with van der Waals surface area (Å²) in [6.07, 6.45) is 0. The molecule has 6 nitrogen and oxygen atoms in total. The van der Waals surface area contributed by atoms with Gasteiger partial charge in [0.1, 0.15) is 21.7 Å². The Kier molecular flexibility index (Phi) is 4.57. The number of benzene rings is 2. The van der Waals surface area contributed by atoms with E-state index in [2.05, 4.69) is 4.40 Å². The van der Waals surface area contributed by atoms with Crippen molar-refractivity contribution in [1.29, 1.82) is 0 Å². The van der Waals surface area contributed by atoms with Crippen LogP contribution >= 0.6 is 11.3 Å². The van der Waals surface area contributed by atoms with Gasteiger partial charge < -0.3 is 14.0 Å². The van der Waals surface area contributed by atoms with E-state index < -0.39 is 10.0 Å². The summed E-state index contributed by atoms with van der Waals surface area (Å²) in [4.78, 5) is 0.507. The van der Waals surface area contributed by atoms with E-state index in [-0.39, 0.29) is 4.90 Å². The van der Waals surface area contributed by atoms with E-state index in [9.17, 15) is 8.42 Å². The molecule has 0 bridgehead atoms. The van der Waals surface area contributed by atoms with E-state index in [0.29, 0.717) is 16.3 Å². The number of nitrogens with zero attached hydrogens (tertiary/aromatic N) is 2. The van der Waals surface area contributed by atoms with Gasteiger partial charge in [-0.25, -0.2) is 0 Å². The van der Waals surface area contributed by atoms with E-state index in [0.717, 1.165) is 15.8 Å². The summed E-state index contributed by atoms with van der Waals surface area (Å²) in [7, 11) is 1.09. The molecule has 0 atom stereocenters. The van der Waals surface area contributed by atoms with Gasteiger partial charge in [-0.15, -0.1) is 4.40 Å². The fourth-order valence-electron chi connectivity index (χ4n) is 2.48. The minimum atomic E-state index is -3.81. The summed E-state index contributed by atoms with van der Waals surface area (Å²) in [5.41, 5.74) is 1.73. The molecule has 132 valence electrons. The average molecular weight is 378 g/mol. The normalized spacial score (nSPS) is 12.6. The van der Waals surface area contributed by atoms with Gasteiger partial charge >= 0.3 is 0 Å². The van der Waals surface area contributed by atoms with Crippen molar-refractivity contribution >= 4 is 31.6 Å². The summed E-state index contributed by atoms with van der Waals surface area (Å²) in [5.74, 6) is 1.27. The van der Waals surface area contributed by atoms with Crippen molar-refractivity contribution in [3.63, 3.8) is 0 Å². The highest BCUT2D eigenvalue weighted by atomic mass is 32.2. The second kappa shape index (κ2) is 6.53. The number of methoxy groups -OCH3 is 2. The zero-order valence-electron chi connectivity index (χ0n) is 14.3. The molecule has 0 spiro atoms. The molecular formula is C17H18N2O4S2. The number of fused-ring (bicyclic) bond motifs is 1. The van der Waals surface area contributed by atoms with E-state index in [4.69, 9.17) is 9.47 Å². The predicted octanol–water partition coefficient (Wildman–Crippen LogP) is 2.86. The quantitative estimate of drug-likeness (QED) is 0.700. The van der Waals surface area contributed by atoms with E-state index in [1.165, 1.54) is 11.3 Å². The number of sulfonamides is 1. The fourth-order valence-corrected chi connectivity index (χ4v) is 4.83. The lowest BCUT2D eigenvalue weighted by Gasteiger charge is -2.06. The third kappa shape index (κ3) is 3.14. The Morgan fingerprint density at radius 3 is 2.20 bits per heavy atom. The molecule has 1 aromatic heterocycles. The first-order valence-electron chi connectivity index (χ1n) is 7.45. The van der Waals surface area contributed by atoms with Gasteiger partial charge in [-0.2, -0.15) is 8.42 Å². The highest BCUT2D eigenvalue weighted by Gasteiger charge is 2.17. The molecule has 0 saturated heterocycles. The highest BCUT2D eigenvalue weighted by molar-refractivity contribution is 7.90. The standard InChI is InChI=1S/C17H18N2O4S2/c1-11-5-7-12(8-6-11)25(20,21)18-17-19(2)15-13(22-3)9-10-14(23-4)16(15)24-17/h5-10H,1-4H3. The van der Waals surface area contributed by atoms with Gasteiger partial charge in [0, 0.05) is 7.05 Å². The van der Waals surface area contributed by atoms with Crippen LogP contribution in [0.15, 0.2) is 45.7 Å². The van der Waals surface area contributed by atoms with Crippen molar-refractivity contribution in [2.45, 2.75) is 11.8 Å². The molecule has 0 saturated carbocycles. The molecule has 0 unspecified atom stereocenters. The minimum Gasteiger partial charge on any atom is -0.495 e. The van der Waals surface area contributed by atoms with Crippen LogP contribution in [0.3, 0.4) is 0 Å². The van der Waals surface area contributed by atoms with Gasteiger partial charge in [-0.1, -0.05) is 29.0 Å².